The van der Waals surface area contributed by atoms with Crippen molar-refractivity contribution in [2.24, 2.45) is 5.92 Å². The fourth-order valence-corrected chi connectivity index (χ4v) is 4.50. The molecule has 3 amide bonds. The lowest BCUT2D eigenvalue weighted by molar-refractivity contribution is -0.122. The lowest BCUT2D eigenvalue weighted by Crippen LogP contribution is -2.29. The summed E-state index contributed by atoms with van der Waals surface area (Å²) < 4.78 is 0. The van der Waals surface area contributed by atoms with Gasteiger partial charge >= 0.3 is 0 Å². The molecule has 9 heteroatoms. The molecule has 0 aliphatic carbocycles. The Labute approximate surface area is 196 Å². The van der Waals surface area contributed by atoms with Crippen LogP contribution in [0.25, 0.3) is 0 Å². The summed E-state index contributed by atoms with van der Waals surface area (Å²) in [5.74, 6) is -1.26. The van der Waals surface area contributed by atoms with Gasteiger partial charge in [0.15, 0.2) is 0 Å². The second-order valence-electron chi connectivity index (χ2n) is 7.73. The minimum Gasteiger partial charge on any atom is -0.325 e. The molecule has 2 aromatic carbocycles. The number of amides is 3. The maximum absolute atomic E-state index is 13.0. The molecule has 8 nitrogen and oxygen atoms in total. The summed E-state index contributed by atoms with van der Waals surface area (Å²) in [5.41, 5.74) is 2.62. The molecule has 1 aromatic heterocycles. The number of hydrogen-bond donors (Lipinski definition) is 2. The van der Waals surface area contributed by atoms with Crippen LogP contribution in [0.3, 0.4) is 0 Å². The van der Waals surface area contributed by atoms with Crippen LogP contribution in [0, 0.1) is 5.92 Å². The van der Waals surface area contributed by atoms with E-state index in [-0.39, 0.29) is 24.1 Å². The Morgan fingerprint density at radius 1 is 1.03 bits per heavy atom. The van der Waals surface area contributed by atoms with Gasteiger partial charge in [0.1, 0.15) is 5.01 Å². The highest BCUT2D eigenvalue weighted by Gasteiger charge is 2.36. The Morgan fingerprint density at radius 3 is 2.55 bits per heavy atom. The van der Waals surface area contributed by atoms with E-state index in [4.69, 9.17) is 0 Å². The number of aryl methyl sites for hydroxylation is 2. The van der Waals surface area contributed by atoms with Crippen LogP contribution in [0.15, 0.2) is 48.5 Å². The summed E-state index contributed by atoms with van der Waals surface area (Å²) in [6.07, 6.45) is 1.66. The third-order valence-electron chi connectivity index (χ3n) is 5.58. The molecule has 1 aliphatic rings. The fraction of sp³-hybridized carbons (Fsp3) is 0.292. The molecule has 0 spiro atoms. The number of para-hydroxylation sites is 2. The second-order valence-corrected chi connectivity index (χ2v) is 8.79. The number of nitrogens with zero attached hydrogens (tertiary/aromatic N) is 3. The van der Waals surface area contributed by atoms with Crippen molar-refractivity contribution in [1.29, 1.82) is 0 Å². The minimum atomic E-state index is -0.506. The smallest absolute Gasteiger partial charge is 0.259 e. The first-order valence-electron chi connectivity index (χ1n) is 10.9. The van der Waals surface area contributed by atoms with Crippen molar-refractivity contribution in [3.63, 3.8) is 0 Å². The lowest BCUT2D eigenvalue weighted by atomic mass is 10.1. The van der Waals surface area contributed by atoms with Crippen LogP contribution >= 0.6 is 11.3 Å². The maximum atomic E-state index is 13.0. The summed E-state index contributed by atoms with van der Waals surface area (Å²) in [4.78, 5) is 40.2. The van der Waals surface area contributed by atoms with Gasteiger partial charge < -0.3 is 10.2 Å². The van der Waals surface area contributed by atoms with Crippen LogP contribution in [0.1, 0.15) is 41.2 Å². The predicted molar refractivity (Wildman–Crippen MR) is 129 cm³/mol. The van der Waals surface area contributed by atoms with Crippen LogP contribution in [-0.4, -0.2) is 34.5 Å². The van der Waals surface area contributed by atoms with Crippen molar-refractivity contribution in [1.82, 2.24) is 10.2 Å². The van der Waals surface area contributed by atoms with Crippen molar-refractivity contribution in [2.45, 2.75) is 33.1 Å². The number of aromatic nitrogens is 2. The molecular formula is C24H25N5O3S. The van der Waals surface area contributed by atoms with Crippen molar-refractivity contribution in [3.8, 4) is 0 Å². The van der Waals surface area contributed by atoms with Gasteiger partial charge in [-0.2, -0.15) is 0 Å². The zero-order valence-electron chi connectivity index (χ0n) is 18.5. The van der Waals surface area contributed by atoms with Crippen molar-refractivity contribution >= 4 is 45.6 Å². The third kappa shape index (κ3) is 4.93. The van der Waals surface area contributed by atoms with E-state index >= 15 is 0 Å². The van der Waals surface area contributed by atoms with Crippen molar-refractivity contribution in [3.05, 3.63) is 64.7 Å². The van der Waals surface area contributed by atoms with Crippen LogP contribution in [0.4, 0.5) is 16.5 Å². The molecule has 3 aromatic rings. The molecule has 1 aliphatic heterocycles. The fourth-order valence-electron chi connectivity index (χ4n) is 3.83. The van der Waals surface area contributed by atoms with Gasteiger partial charge in [0.2, 0.25) is 16.9 Å². The standard InChI is InChI=1S/C24H25N5O3S/c1-3-15-9-5-8-12-19(15)29-14-16(13-21(29)30)22(31)25-18-11-7-6-10-17(18)23(32)26-24-28-27-20(4-2)33-24/h5-12,16H,3-4,13-14H2,1-2H3,(H,25,31)(H,26,28,32). The molecule has 0 bridgehead atoms. The number of hydrogen-bond acceptors (Lipinski definition) is 6. The first-order chi connectivity index (χ1) is 16.0. The second kappa shape index (κ2) is 9.91. The highest BCUT2D eigenvalue weighted by atomic mass is 32.1. The molecular weight excluding hydrogens is 438 g/mol. The van der Waals surface area contributed by atoms with Crippen molar-refractivity contribution < 1.29 is 14.4 Å². The van der Waals surface area contributed by atoms with Crippen LogP contribution in [-0.2, 0) is 22.4 Å². The number of carbonyl (C=O) groups is 3. The van der Waals surface area contributed by atoms with Gasteiger partial charge in [0, 0.05) is 18.7 Å². The van der Waals surface area contributed by atoms with Gasteiger partial charge in [0.05, 0.1) is 17.2 Å². The molecule has 0 radical (unpaired) electrons. The van der Waals surface area contributed by atoms with E-state index in [2.05, 4.69) is 20.8 Å². The normalized spacial score (nSPS) is 15.5. The minimum absolute atomic E-state index is 0.0786. The molecule has 0 saturated carbocycles. The third-order valence-corrected chi connectivity index (χ3v) is 6.56. The summed E-state index contributed by atoms with van der Waals surface area (Å²) in [7, 11) is 0. The highest BCUT2D eigenvalue weighted by molar-refractivity contribution is 7.15. The van der Waals surface area contributed by atoms with Crippen molar-refractivity contribution in [2.75, 3.05) is 22.1 Å². The molecule has 1 fully saturated rings. The van der Waals surface area contributed by atoms with Crippen LogP contribution in [0.5, 0.6) is 0 Å². The quantitative estimate of drug-likeness (QED) is 0.553. The molecule has 4 rings (SSSR count). The maximum Gasteiger partial charge on any atom is 0.259 e. The Balaban J connectivity index is 1.47. The topological polar surface area (TPSA) is 104 Å². The lowest BCUT2D eigenvalue weighted by Gasteiger charge is -2.20. The first-order valence-corrected chi connectivity index (χ1v) is 11.7. The monoisotopic (exact) mass is 463 g/mol. The number of carbonyl (C=O) groups excluding carboxylic acids is 3. The Bertz CT molecular complexity index is 1190. The number of benzene rings is 2. The van der Waals surface area contributed by atoms with Crippen LogP contribution < -0.4 is 15.5 Å². The molecule has 1 unspecified atom stereocenters. The predicted octanol–water partition coefficient (Wildman–Crippen LogP) is 3.91. The zero-order chi connectivity index (χ0) is 23.4. The summed E-state index contributed by atoms with van der Waals surface area (Å²) in [6, 6.07) is 14.5. The number of anilines is 3. The van der Waals surface area contributed by atoms with E-state index < -0.39 is 5.92 Å². The molecule has 33 heavy (non-hydrogen) atoms. The largest absolute Gasteiger partial charge is 0.325 e. The molecule has 2 heterocycles. The van der Waals surface area contributed by atoms with E-state index in [1.807, 2.05) is 38.1 Å². The van der Waals surface area contributed by atoms with E-state index in [9.17, 15) is 14.4 Å². The summed E-state index contributed by atoms with van der Waals surface area (Å²) in [6.45, 7) is 4.31. The number of nitrogens with one attached hydrogen (secondary N) is 2. The first kappa shape index (κ1) is 22.6. The van der Waals surface area contributed by atoms with Gasteiger partial charge in [0.25, 0.3) is 5.91 Å². The molecule has 1 saturated heterocycles. The highest BCUT2D eigenvalue weighted by Crippen LogP contribution is 2.29. The van der Waals surface area contributed by atoms with Gasteiger partial charge in [-0.3, -0.25) is 19.7 Å². The molecule has 2 N–H and O–H groups in total. The Hall–Kier alpha value is -3.59. The van der Waals surface area contributed by atoms with Crippen LogP contribution in [0.2, 0.25) is 0 Å². The van der Waals surface area contributed by atoms with Gasteiger partial charge in [-0.1, -0.05) is 55.5 Å². The SMILES string of the molecule is CCc1nnc(NC(=O)c2ccccc2NC(=O)C2CC(=O)N(c3ccccc3CC)C2)s1. The zero-order valence-corrected chi connectivity index (χ0v) is 19.3. The molecule has 170 valence electrons. The van der Waals surface area contributed by atoms with E-state index in [0.29, 0.717) is 22.9 Å². The number of rotatable bonds is 7. The van der Waals surface area contributed by atoms with Gasteiger partial charge in [-0.15, -0.1) is 10.2 Å². The average molecular weight is 464 g/mol. The van der Waals surface area contributed by atoms with E-state index in [1.54, 1.807) is 29.2 Å². The Morgan fingerprint density at radius 2 is 1.79 bits per heavy atom. The molecule has 1 atom stereocenters. The van der Waals surface area contributed by atoms with Gasteiger partial charge in [-0.05, 0) is 36.6 Å². The van der Waals surface area contributed by atoms with Gasteiger partial charge in [-0.25, -0.2) is 0 Å². The Kier molecular flexibility index (Phi) is 6.79. The van der Waals surface area contributed by atoms with E-state index in [0.717, 1.165) is 29.1 Å². The summed E-state index contributed by atoms with van der Waals surface area (Å²) >= 11 is 1.31. The van der Waals surface area contributed by atoms with E-state index in [1.165, 1.54) is 11.3 Å². The average Bonchev–Trinajstić information content (AvgIpc) is 3.45. The summed E-state index contributed by atoms with van der Waals surface area (Å²) in [5, 5.41) is 14.8.